The van der Waals surface area contributed by atoms with Gasteiger partial charge in [0.25, 0.3) is 0 Å². The molecule has 0 aliphatic carbocycles. The minimum absolute atomic E-state index is 0.173. The van der Waals surface area contributed by atoms with Crippen molar-refractivity contribution in [2.45, 2.75) is 37.9 Å². The van der Waals surface area contributed by atoms with Crippen molar-refractivity contribution in [3.8, 4) is 0 Å². The zero-order chi connectivity index (χ0) is 14.4. The molecule has 0 N–H and O–H groups in total. The predicted molar refractivity (Wildman–Crippen MR) is 60.8 cm³/mol. The van der Waals surface area contributed by atoms with Crippen molar-refractivity contribution in [3.05, 3.63) is 10.4 Å². The van der Waals surface area contributed by atoms with Crippen LogP contribution in [0.3, 0.4) is 0 Å². The molecule has 0 aromatic carbocycles. The molecule has 1 fully saturated rings. The first-order valence-corrected chi connectivity index (χ1v) is 5.51. The van der Waals surface area contributed by atoms with Gasteiger partial charge in [-0.2, -0.15) is 0 Å². The molecule has 0 bridgehead atoms. The number of hydrogen-bond donors (Lipinski definition) is 0. The van der Waals surface area contributed by atoms with E-state index in [2.05, 4.69) is 14.8 Å². The van der Waals surface area contributed by atoms with Crippen LogP contribution in [0, 0.1) is 0 Å². The van der Waals surface area contributed by atoms with Crippen LogP contribution in [0.2, 0.25) is 0 Å². The van der Waals surface area contributed by atoms with E-state index in [1.54, 1.807) is 0 Å². The molecular formula is C10H15N3O6. The summed E-state index contributed by atoms with van der Waals surface area (Å²) in [5.74, 6) is -1.34. The van der Waals surface area contributed by atoms with E-state index in [0.717, 1.165) is 0 Å². The molecule has 1 aliphatic heterocycles. The Bertz CT molecular complexity index is 395. The maximum absolute atomic E-state index is 11.6. The molecule has 0 amide bonds. The van der Waals surface area contributed by atoms with Crippen molar-refractivity contribution in [1.29, 1.82) is 0 Å². The summed E-state index contributed by atoms with van der Waals surface area (Å²) in [5.41, 5.74) is 8.53. The van der Waals surface area contributed by atoms with Gasteiger partial charge in [-0.3, -0.25) is 4.79 Å². The molecular weight excluding hydrogens is 258 g/mol. The Kier molecular flexibility index (Phi) is 5.56. The van der Waals surface area contributed by atoms with E-state index in [4.69, 9.17) is 19.7 Å². The first-order chi connectivity index (χ1) is 9.03. The van der Waals surface area contributed by atoms with Crippen LogP contribution in [-0.4, -0.2) is 50.7 Å². The third kappa shape index (κ3) is 3.82. The van der Waals surface area contributed by atoms with E-state index in [1.807, 2.05) is 0 Å². The molecule has 1 rings (SSSR count). The fourth-order valence-electron chi connectivity index (χ4n) is 1.80. The number of rotatable bonds is 4. The fourth-order valence-corrected chi connectivity index (χ4v) is 1.80. The smallest absolute Gasteiger partial charge is 0.339 e. The molecule has 4 atom stereocenters. The van der Waals surface area contributed by atoms with Gasteiger partial charge < -0.3 is 18.9 Å². The lowest BCUT2D eigenvalue weighted by Crippen LogP contribution is -2.53. The Morgan fingerprint density at radius 3 is 2.58 bits per heavy atom. The van der Waals surface area contributed by atoms with Crippen molar-refractivity contribution >= 4 is 11.9 Å². The van der Waals surface area contributed by atoms with Crippen LogP contribution in [0.25, 0.3) is 10.4 Å². The third-order valence-electron chi connectivity index (χ3n) is 2.61. The molecule has 0 saturated carbocycles. The van der Waals surface area contributed by atoms with Gasteiger partial charge in [-0.1, -0.05) is 5.11 Å². The summed E-state index contributed by atoms with van der Waals surface area (Å²) in [7, 11) is 2.56. The van der Waals surface area contributed by atoms with Gasteiger partial charge in [0.1, 0.15) is 6.10 Å². The lowest BCUT2D eigenvalue weighted by atomic mass is 9.99. The topological polar surface area (TPSA) is 120 Å². The molecule has 0 unspecified atom stereocenters. The average molecular weight is 273 g/mol. The van der Waals surface area contributed by atoms with Crippen LogP contribution >= 0.6 is 0 Å². The zero-order valence-electron chi connectivity index (χ0n) is 10.8. The lowest BCUT2D eigenvalue weighted by molar-refractivity contribution is -0.231. The molecule has 1 heterocycles. The van der Waals surface area contributed by atoms with Crippen LogP contribution in [0.4, 0.5) is 0 Å². The second kappa shape index (κ2) is 6.93. The summed E-state index contributed by atoms with van der Waals surface area (Å²) < 4.78 is 19.9. The molecule has 106 valence electrons. The lowest BCUT2D eigenvalue weighted by Gasteiger charge is -2.37. The first kappa shape index (κ1) is 15.2. The van der Waals surface area contributed by atoms with Gasteiger partial charge in [0.05, 0.1) is 13.2 Å². The quantitative estimate of drug-likeness (QED) is 0.319. The minimum Gasteiger partial charge on any atom is -0.467 e. The highest BCUT2D eigenvalue weighted by Crippen LogP contribution is 2.26. The summed E-state index contributed by atoms with van der Waals surface area (Å²) in [4.78, 5) is 25.4. The number of hydrogen-bond acceptors (Lipinski definition) is 7. The Morgan fingerprint density at radius 2 is 2.11 bits per heavy atom. The highest BCUT2D eigenvalue weighted by atomic mass is 16.7. The van der Waals surface area contributed by atoms with E-state index in [0.29, 0.717) is 0 Å². The number of carbonyl (C=O) groups is 2. The second-order valence-electron chi connectivity index (χ2n) is 3.83. The van der Waals surface area contributed by atoms with E-state index in [9.17, 15) is 9.59 Å². The van der Waals surface area contributed by atoms with Crippen molar-refractivity contribution in [3.63, 3.8) is 0 Å². The van der Waals surface area contributed by atoms with Crippen LogP contribution in [-0.2, 0) is 28.5 Å². The monoisotopic (exact) mass is 273 g/mol. The van der Waals surface area contributed by atoms with Gasteiger partial charge in [-0.15, -0.1) is 0 Å². The van der Waals surface area contributed by atoms with Gasteiger partial charge in [0, 0.05) is 25.4 Å². The normalized spacial score (nSPS) is 30.1. The van der Waals surface area contributed by atoms with Gasteiger partial charge >= 0.3 is 11.9 Å². The minimum atomic E-state index is -1.19. The predicted octanol–water partition coefficient (Wildman–Crippen LogP) is 0.531. The Labute approximate surface area is 109 Å². The summed E-state index contributed by atoms with van der Waals surface area (Å²) in [6, 6.07) is -0.767. The Balaban J connectivity index is 3.01. The van der Waals surface area contributed by atoms with Crippen LogP contribution < -0.4 is 0 Å². The SMILES string of the molecule is COC(=O)[C@H]1O[C@H](OC)C[C@H](N=[N+]=[N-])[C@@H]1OC(C)=O. The second-order valence-corrected chi connectivity index (χ2v) is 3.83. The van der Waals surface area contributed by atoms with Crippen molar-refractivity contribution in [2.75, 3.05) is 14.2 Å². The molecule has 0 aromatic rings. The zero-order valence-corrected chi connectivity index (χ0v) is 10.8. The average Bonchev–Trinajstić information content (AvgIpc) is 2.39. The number of carbonyl (C=O) groups excluding carboxylic acids is 2. The van der Waals surface area contributed by atoms with Crippen molar-refractivity contribution in [1.82, 2.24) is 0 Å². The van der Waals surface area contributed by atoms with Gasteiger partial charge in [-0.25, -0.2) is 4.79 Å². The fraction of sp³-hybridized carbons (Fsp3) is 0.800. The molecule has 9 nitrogen and oxygen atoms in total. The van der Waals surface area contributed by atoms with Gasteiger partial charge in [-0.05, 0) is 5.53 Å². The number of esters is 2. The number of azide groups is 1. The molecule has 19 heavy (non-hydrogen) atoms. The van der Waals surface area contributed by atoms with Crippen molar-refractivity contribution < 1.29 is 28.5 Å². The van der Waals surface area contributed by atoms with Crippen LogP contribution in [0.1, 0.15) is 13.3 Å². The maximum Gasteiger partial charge on any atom is 0.339 e. The largest absolute Gasteiger partial charge is 0.467 e. The Hall–Kier alpha value is -1.83. The molecule has 0 spiro atoms. The maximum atomic E-state index is 11.6. The summed E-state index contributed by atoms with van der Waals surface area (Å²) in [5, 5.41) is 3.52. The van der Waals surface area contributed by atoms with Crippen molar-refractivity contribution in [2.24, 2.45) is 5.11 Å². The molecule has 0 radical (unpaired) electrons. The summed E-state index contributed by atoms with van der Waals surface area (Å²) in [6.45, 7) is 1.18. The third-order valence-corrected chi connectivity index (χ3v) is 2.61. The highest BCUT2D eigenvalue weighted by molar-refractivity contribution is 5.76. The Morgan fingerprint density at radius 1 is 1.42 bits per heavy atom. The molecule has 0 aromatic heterocycles. The van der Waals surface area contributed by atoms with Crippen LogP contribution in [0.15, 0.2) is 5.11 Å². The molecule has 9 heteroatoms. The number of ether oxygens (including phenoxy) is 4. The number of methoxy groups -OCH3 is 2. The number of nitrogens with zero attached hydrogens (tertiary/aromatic N) is 3. The van der Waals surface area contributed by atoms with Crippen LogP contribution in [0.5, 0.6) is 0 Å². The molecule has 1 aliphatic rings. The van der Waals surface area contributed by atoms with E-state index >= 15 is 0 Å². The highest BCUT2D eigenvalue weighted by Gasteiger charge is 2.45. The van der Waals surface area contributed by atoms with E-state index < -0.39 is 36.5 Å². The van der Waals surface area contributed by atoms with Gasteiger partial charge in [0.15, 0.2) is 12.4 Å². The standard InChI is InChI=1S/C10H15N3O6/c1-5(14)18-8-6(12-13-11)4-7(16-2)19-9(8)10(15)17-3/h6-9H,4H2,1-3H3/t6-,7-,8-,9-/m0/s1. The summed E-state index contributed by atoms with van der Waals surface area (Å²) >= 11 is 0. The molecule has 1 saturated heterocycles. The first-order valence-electron chi connectivity index (χ1n) is 5.51. The summed E-state index contributed by atoms with van der Waals surface area (Å²) in [6.07, 6.45) is -2.80. The van der Waals surface area contributed by atoms with E-state index in [1.165, 1.54) is 21.1 Å². The van der Waals surface area contributed by atoms with Gasteiger partial charge in [0.2, 0.25) is 0 Å². The van der Waals surface area contributed by atoms with E-state index in [-0.39, 0.29) is 6.42 Å².